The van der Waals surface area contributed by atoms with Crippen molar-refractivity contribution in [3.05, 3.63) is 105 Å². The largest absolute Gasteiger partial charge is 0.505 e. The Morgan fingerprint density at radius 3 is 2.29 bits per heavy atom. The molecule has 5 rings (SSSR count). The monoisotopic (exact) mass is 511 g/mol. The zero-order valence-electron chi connectivity index (χ0n) is 21.1. The molecule has 0 saturated carbocycles. The third kappa shape index (κ3) is 4.82. The van der Waals surface area contributed by atoms with Crippen LogP contribution in [0.5, 0.6) is 5.75 Å². The fourth-order valence-corrected chi connectivity index (χ4v) is 4.77. The van der Waals surface area contributed by atoms with Gasteiger partial charge in [0.2, 0.25) is 0 Å². The number of phenolic OH excluding ortho intramolecular Hbond substituents is 1. The summed E-state index contributed by atoms with van der Waals surface area (Å²) in [4.78, 5) is 46.0. The predicted molar refractivity (Wildman–Crippen MR) is 148 cm³/mol. The second kappa shape index (κ2) is 10.8. The van der Waals surface area contributed by atoms with Gasteiger partial charge in [0.25, 0.3) is 16.8 Å². The van der Waals surface area contributed by atoms with Crippen molar-refractivity contribution in [2.75, 3.05) is 41.7 Å². The number of nitrogens with one attached hydrogen (secondary N) is 2. The van der Waals surface area contributed by atoms with Crippen molar-refractivity contribution < 1.29 is 9.90 Å². The molecule has 194 valence electrons. The number of benzene rings is 2. The SMILES string of the molecule is CC[C@@H](Nc1c(Nc2cccc(C(=O)N3CCN(c4ccncc4)CC3)c2O)c(=O)c1=O)c1ccccc1. The molecule has 4 aromatic rings. The molecule has 1 fully saturated rings. The Balaban J connectivity index is 1.31. The number of pyridine rings is 1. The van der Waals surface area contributed by atoms with Gasteiger partial charge in [-0.25, -0.2) is 0 Å². The number of hydrogen-bond donors (Lipinski definition) is 3. The van der Waals surface area contributed by atoms with Gasteiger partial charge in [-0.05, 0) is 36.2 Å². The quantitative estimate of drug-likeness (QED) is 0.243. The van der Waals surface area contributed by atoms with Crippen molar-refractivity contribution in [1.29, 1.82) is 0 Å². The second-order valence-corrected chi connectivity index (χ2v) is 9.24. The third-order valence-corrected chi connectivity index (χ3v) is 6.96. The molecule has 0 aliphatic carbocycles. The van der Waals surface area contributed by atoms with Gasteiger partial charge in [-0.15, -0.1) is 0 Å². The molecule has 1 aromatic heterocycles. The van der Waals surface area contributed by atoms with E-state index >= 15 is 0 Å². The first kappa shape index (κ1) is 25.0. The van der Waals surface area contributed by atoms with Gasteiger partial charge in [0, 0.05) is 44.3 Å². The Hall–Kier alpha value is -4.66. The highest BCUT2D eigenvalue weighted by molar-refractivity contribution is 5.99. The van der Waals surface area contributed by atoms with E-state index in [9.17, 15) is 19.5 Å². The number of hydrogen-bond acceptors (Lipinski definition) is 8. The summed E-state index contributed by atoms with van der Waals surface area (Å²) in [5.41, 5.74) is 1.35. The summed E-state index contributed by atoms with van der Waals surface area (Å²) in [6.07, 6.45) is 4.18. The Bertz CT molecular complexity index is 1490. The number of phenols is 1. The van der Waals surface area contributed by atoms with Crippen molar-refractivity contribution in [1.82, 2.24) is 9.88 Å². The number of amides is 1. The predicted octanol–water partition coefficient (Wildman–Crippen LogP) is 3.65. The van der Waals surface area contributed by atoms with Crippen molar-refractivity contribution in [3.63, 3.8) is 0 Å². The lowest BCUT2D eigenvalue weighted by molar-refractivity contribution is 0.0744. The van der Waals surface area contributed by atoms with Crippen LogP contribution in [0.1, 0.15) is 35.3 Å². The van der Waals surface area contributed by atoms with Crippen molar-refractivity contribution in [3.8, 4) is 5.75 Å². The minimum absolute atomic E-state index is 0.0789. The number of nitrogens with zero attached hydrogens (tertiary/aromatic N) is 3. The lowest BCUT2D eigenvalue weighted by atomic mass is 10.0. The Morgan fingerprint density at radius 2 is 1.61 bits per heavy atom. The number of carbonyl (C=O) groups is 1. The molecule has 3 N–H and O–H groups in total. The molecule has 0 bridgehead atoms. The van der Waals surface area contributed by atoms with Crippen LogP contribution in [0.15, 0.2) is 82.6 Å². The molecular formula is C29H29N5O4. The lowest BCUT2D eigenvalue weighted by Crippen LogP contribution is -2.48. The van der Waals surface area contributed by atoms with E-state index in [0.29, 0.717) is 32.6 Å². The van der Waals surface area contributed by atoms with Crippen LogP contribution in [0.25, 0.3) is 0 Å². The molecule has 0 unspecified atom stereocenters. The summed E-state index contributed by atoms with van der Waals surface area (Å²) in [5.74, 6) is -0.554. The highest BCUT2D eigenvalue weighted by Crippen LogP contribution is 2.33. The average molecular weight is 512 g/mol. The lowest BCUT2D eigenvalue weighted by Gasteiger charge is -2.36. The van der Waals surface area contributed by atoms with Crippen LogP contribution in [0.2, 0.25) is 0 Å². The molecule has 1 saturated heterocycles. The van der Waals surface area contributed by atoms with Gasteiger partial charge >= 0.3 is 0 Å². The van der Waals surface area contributed by atoms with Gasteiger partial charge in [0.1, 0.15) is 11.4 Å². The second-order valence-electron chi connectivity index (χ2n) is 9.24. The van der Waals surface area contributed by atoms with Gasteiger partial charge in [-0.2, -0.15) is 0 Å². The summed E-state index contributed by atoms with van der Waals surface area (Å²) in [6, 6.07) is 18.1. The number of carbonyl (C=O) groups excluding carboxylic acids is 1. The Labute approximate surface area is 220 Å². The maximum absolute atomic E-state index is 13.3. The normalized spacial score (nSPS) is 14.3. The summed E-state index contributed by atoms with van der Waals surface area (Å²) >= 11 is 0. The third-order valence-electron chi connectivity index (χ3n) is 6.96. The van der Waals surface area contributed by atoms with Gasteiger partial charge in [-0.3, -0.25) is 19.4 Å². The van der Waals surface area contributed by atoms with Gasteiger partial charge < -0.3 is 25.5 Å². The number of para-hydroxylation sites is 1. The van der Waals surface area contributed by atoms with Crippen molar-refractivity contribution in [2.45, 2.75) is 19.4 Å². The van der Waals surface area contributed by atoms with Gasteiger partial charge in [-0.1, -0.05) is 43.3 Å². The molecule has 9 nitrogen and oxygen atoms in total. The molecular weight excluding hydrogens is 482 g/mol. The first-order valence-electron chi connectivity index (χ1n) is 12.7. The standard InChI is InChI=1S/C29H29N5O4/c1-2-22(19-7-4-3-5-8-19)31-24-25(28(37)27(24)36)32-23-10-6-9-21(26(23)35)29(38)34-17-15-33(16-18-34)20-11-13-30-14-12-20/h3-14,22,31-32,35H,2,15-18H2,1H3/t22-/m1/s1. The molecule has 3 aromatic carbocycles. The average Bonchev–Trinajstić information content (AvgIpc) is 2.98. The number of piperazine rings is 1. The van der Waals surface area contributed by atoms with Crippen LogP contribution in [0.4, 0.5) is 22.7 Å². The van der Waals surface area contributed by atoms with Crippen LogP contribution in [-0.4, -0.2) is 47.1 Å². The maximum Gasteiger partial charge on any atom is 0.257 e. The highest BCUT2D eigenvalue weighted by atomic mass is 16.3. The van der Waals surface area contributed by atoms with Crippen LogP contribution < -0.4 is 26.4 Å². The van der Waals surface area contributed by atoms with Gasteiger partial charge in [0.05, 0.1) is 17.3 Å². The summed E-state index contributed by atoms with van der Waals surface area (Å²) in [6.45, 7) is 4.31. The number of aromatic hydroxyl groups is 1. The molecule has 1 aliphatic rings. The molecule has 1 amide bonds. The molecule has 1 atom stereocenters. The van der Waals surface area contributed by atoms with E-state index in [2.05, 4.69) is 20.5 Å². The van der Waals surface area contributed by atoms with Gasteiger partial charge in [0.15, 0.2) is 5.75 Å². The molecule has 0 spiro atoms. The van der Waals surface area contributed by atoms with E-state index in [1.807, 2.05) is 49.4 Å². The van der Waals surface area contributed by atoms with Crippen LogP contribution >= 0.6 is 0 Å². The molecule has 0 radical (unpaired) electrons. The molecule has 2 heterocycles. The Morgan fingerprint density at radius 1 is 0.921 bits per heavy atom. The first-order chi connectivity index (χ1) is 18.5. The Kier molecular flexibility index (Phi) is 7.08. The van der Waals surface area contributed by atoms with Crippen LogP contribution in [0, 0.1) is 0 Å². The zero-order valence-corrected chi connectivity index (χ0v) is 21.1. The van der Waals surface area contributed by atoms with E-state index in [-0.39, 0.29) is 40.3 Å². The summed E-state index contributed by atoms with van der Waals surface area (Å²) in [5, 5.41) is 17.0. The number of anilines is 4. The van der Waals surface area contributed by atoms with E-state index in [4.69, 9.17) is 0 Å². The fourth-order valence-electron chi connectivity index (χ4n) is 4.77. The fraction of sp³-hybridized carbons (Fsp3) is 0.241. The maximum atomic E-state index is 13.3. The highest BCUT2D eigenvalue weighted by Gasteiger charge is 2.27. The number of aromatic nitrogens is 1. The van der Waals surface area contributed by atoms with Crippen molar-refractivity contribution >= 4 is 28.7 Å². The topological polar surface area (TPSA) is 115 Å². The minimum Gasteiger partial charge on any atom is -0.505 e. The minimum atomic E-state index is -0.668. The van der Waals surface area contributed by atoms with E-state index < -0.39 is 10.9 Å². The number of rotatable bonds is 8. The molecule has 9 heteroatoms. The smallest absolute Gasteiger partial charge is 0.257 e. The zero-order chi connectivity index (χ0) is 26.6. The van der Waals surface area contributed by atoms with Crippen LogP contribution in [-0.2, 0) is 0 Å². The summed E-state index contributed by atoms with van der Waals surface area (Å²) in [7, 11) is 0. The summed E-state index contributed by atoms with van der Waals surface area (Å²) < 4.78 is 0. The van der Waals surface area contributed by atoms with Crippen molar-refractivity contribution in [2.24, 2.45) is 0 Å². The van der Waals surface area contributed by atoms with E-state index in [1.165, 1.54) is 0 Å². The van der Waals surface area contributed by atoms with E-state index in [1.54, 1.807) is 35.5 Å². The molecule has 38 heavy (non-hydrogen) atoms. The first-order valence-corrected chi connectivity index (χ1v) is 12.7. The van der Waals surface area contributed by atoms with Crippen LogP contribution in [0.3, 0.4) is 0 Å². The molecule has 1 aliphatic heterocycles. The van der Waals surface area contributed by atoms with E-state index in [0.717, 1.165) is 11.3 Å².